The van der Waals surface area contributed by atoms with E-state index >= 15 is 0 Å². The first-order valence-corrected chi connectivity index (χ1v) is 3.81. The highest BCUT2D eigenvalue weighted by molar-refractivity contribution is 4.98. The van der Waals surface area contributed by atoms with E-state index in [1.54, 1.807) is 0 Å². The number of hydrogen-bond donors (Lipinski definition) is 3. The molecule has 66 valence electrons. The van der Waals surface area contributed by atoms with Crippen molar-refractivity contribution < 1.29 is 0 Å². The summed E-state index contributed by atoms with van der Waals surface area (Å²) < 4.78 is 0. The average molecular weight is 157 g/mol. The van der Waals surface area contributed by atoms with Crippen LogP contribution in [0.15, 0.2) is 12.3 Å². The third kappa shape index (κ3) is 3.39. The second-order valence-corrected chi connectivity index (χ2v) is 2.86. The molecule has 0 saturated heterocycles. The molecule has 0 aromatic heterocycles. The fraction of sp³-hybridized carbons (Fsp3) is 0.750. The van der Waals surface area contributed by atoms with Crippen molar-refractivity contribution in [3.05, 3.63) is 12.3 Å². The molecule has 0 aliphatic carbocycles. The summed E-state index contributed by atoms with van der Waals surface area (Å²) in [6.45, 7) is 5.96. The number of rotatable bonds is 5. The molecule has 0 aromatic carbocycles. The maximum atomic E-state index is 3.86. The van der Waals surface area contributed by atoms with Crippen LogP contribution < -0.4 is 16.0 Å². The maximum Gasteiger partial charge on any atom is 0.0708 e. The van der Waals surface area contributed by atoms with Crippen LogP contribution in [0, 0.1) is 0 Å². The molecule has 0 amide bonds. The minimum Gasteiger partial charge on any atom is -0.392 e. The zero-order valence-corrected chi connectivity index (χ0v) is 7.91. The molecule has 3 heteroatoms. The number of hydrogen-bond acceptors (Lipinski definition) is 3. The van der Waals surface area contributed by atoms with E-state index in [9.17, 15) is 0 Å². The zero-order chi connectivity index (χ0) is 8.91. The van der Waals surface area contributed by atoms with Crippen molar-refractivity contribution in [2.75, 3.05) is 21.1 Å². The van der Waals surface area contributed by atoms with Crippen molar-refractivity contribution in [3.8, 4) is 0 Å². The maximum absolute atomic E-state index is 3.86. The van der Waals surface area contributed by atoms with Gasteiger partial charge in [0.2, 0.25) is 0 Å². The lowest BCUT2D eigenvalue weighted by Crippen LogP contribution is -2.51. The molecular formula is C8H19N3. The normalized spacial score (nSPS) is 11.3. The van der Waals surface area contributed by atoms with Crippen molar-refractivity contribution in [2.45, 2.75) is 19.0 Å². The summed E-state index contributed by atoms with van der Waals surface area (Å²) in [5.74, 6) is 0. The molecule has 0 heterocycles. The molecule has 3 N–H and O–H groups in total. The topological polar surface area (TPSA) is 36.1 Å². The van der Waals surface area contributed by atoms with Gasteiger partial charge in [-0.2, -0.15) is 0 Å². The van der Waals surface area contributed by atoms with Crippen molar-refractivity contribution >= 4 is 0 Å². The molecule has 0 atom stereocenters. The van der Waals surface area contributed by atoms with E-state index in [1.807, 2.05) is 21.1 Å². The third-order valence-corrected chi connectivity index (χ3v) is 2.02. The second kappa shape index (κ2) is 4.36. The minimum atomic E-state index is -0.0555. The van der Waals surface area contributed by atoms with Crippen LogP contribution in [0.4, 0.5) is 0 Å². The smallest absolute Gasteiger partial charge is 0.0708 e. The summed E-state index contributed by atoms with van der Waals surface area (Å²) in [4.78, 5) is 0. The Kier molecular flexibility index (Phi) is 4.15. The van der Waals surface area contributed by atoms with Crippen LogP contribution >= 0.6 is 0 Å². The Balaban J connectivity index is 3.96. The van der Waals surface area contributed by atoms with Crippen molar-refractivity contribution in [2.24, 2.45) is 0 Å². The Morgan fingerprint density at radius 1 is 1.27 bits per heavy atom. The van der Waals surface area contributed by atoms with Gasteiger partial charge < -0.3 is 16.0 Å². The molecular weight excluding hydrogens is 138 g/mol. The van der Waals surface area contributed by atoms with Gasteiger partial charge in [0.15, 0.2) is 0 Å². The van der Waals surface area contributed by atoms with Crippen molar-refractivity contribution in [1.82, 2.24) is 16.0 Å². The zero-order valence-electron chi connectivity index (χ0n) is 7.91. The predicted molar refractivity (Wildman–Crippen MR) is 49.3 cm³/mol. The largest absolute Gasteiger partial charge is 0.392 e. The average Bonchev–Trinajstić information content (AvgIpc) is 2.04. The number of nitrogens with one attached hydrogen (secondary N) is 3. The van der Waals surface area contributed by atoms with E-state index < -0.39 is 0 Å². The monoisotopic (exact) mass is 157 g/mol. The lowest BCUT2D eigenvalue weighted by molar-refractivity contribution is 0.320. The third-order valence-electron chi connectivity index (χ3n) is 2.02. The van der Waals surface area contributed by atoms with Crippen molar-refractivity contribution in [3.63, 3.8) is 0 Å². The molecule has 0 saturated carbocycles. The molecule has 0 fully saturated rings. The Morgan fingerprint density at radius 2 is 1.73 bits per heavy atom. The first-order chi connectivity index (χ1) is 5.08. The van der Waals surface area contributed by atoms with Crippen LogP contribution in [0.1, 0.15) is 13.3 Å². The van der Waals surface area contributed by atoms with Crippen LogP contribution in [0.2, 0.25) is 0 Å². The predicted octanol–water partition coefficient (Wildman–Crippen LogP) is 0.265. The van der Waals surface area contributed by atoms with Crippen molar-refractivity contribution in [1.29, 1.82) is 0 Å². The summed E-state index contributed by atoms with van der Waals surface area (Å²) >= 11 is 0. The fourth-order valence-electron chi connectivity index (χ4n) is 0.817. The molecule has 11 heavy (non-hydrogen) atoms. The van der Waals surface area contributed by atoms with E-state index in [1.165, 1.54) is 0 Å². The Bertz CT molecular complexity index is 127. The van der Waals surface area contributed by atoms with Gasteiger partial charge in [-0.25, -0.2) is 0 Å². The standard InChI is InChI=1S/C8H19N3/c1-7(9-3)6-8(2,10-4)11-5/h9-11H,1,6H2,2-5H3. The molecule has 3 nitrogen and oxygen atoms in total. The van der Waals surface area contributed by atoms with Gasteiger partial charge in [0.1, 0.15) is 0 Å². The van der Waals surface area contributed by atoms with Gasteiger partial charge in [-0.3, -0.25) is 0 Å². The summed E-state index contributed by atoms with van der Waals surface area (Å²) in [5.41, 5.74) is 0.969. The summed E-state index contributed by atoms with van der Waals surface area (Å²) in [6.07, 6.45) is 0.872. The highest BCUT2D eigenvalue weighted by Gasteiger charge is 2.19. The van der Waals surface area contributed by atoms with E-state index in [2.05, 4.69) is 29.5 Å². The molecule has 0 aliphatic rings. The SMILES string of the molecule is C=C(CC(C)(NC)NC)NC. The van der Waals surface area contributed by atoms with Crippen LogP contribution in [0.3, 0.4) is 0 Å². The van der Waals surface area contributed by atoms with Gasteiger partial charge in [-0.15, -0.1) is 0 Å². The second-order valence-electron chi connectivity index (χ2n) is 2.86. The molecule has 0 aliphatic heterocycles. The van der Waals surface area contributed by atoms with Gasteiger partial charge in [-0.05, 0) is 21.0 Å². The first kappa shape index (κ1) is 10.5. The van der Waals surface area contributed by atoms with Gasteiger partial charge in [-0.1, -0.05) is 6.58 Å². The molecule has 0 unspecified atom stereocenters. The lowest BCUT2D eigenvalue weighted by Gasteiger charge is -2.29. The van der Waals surface area contributed by atoms with Gasteiger partial charge in [0, 0.05) is 19.2 Å². The van der Waals surface area contributed by atoms with Crippen LogP contribution in [-0.4, -0.2) is 26.8 Å². The van der Waals surface area contributed by atoms with E-state index in [4.69, 9.17) is 0 Å². The molecule has 0 spiro atoms. The van der Waals surface area contributed by atoms with Gasteiger partial charge in [0.05, 0.1) is 5.66 Å². The first-order valence-electron chi connectivity index (χ1n) is 3.81. The Morgan fingerprint density at radius 3 is 2.00 bits per heavy atom. The summed E-state index contributed by atoms with van der Waals surface area (Å²) in [7, 11) is 5.74. The molecule has 0 bridgehead atoms. The molecule has 0 rings (SSSR count). The van der Waals surface area contributed by atoms with Crippen LogP contribution in [-0.2, 0) is 0 Å². The Hall–Kier alpha value is -0.540. The molecule has 0 radical (unpaired) electrons. The highest BCUT2D eigenvalue weighted by Crippen LogP contribution is 2.07. The van der Waals surface area contributed by atoms with Crippen LogP contribution in [0.5, 0.6) is 0 Å². The van der Waals surface area contributed by atoms with Crippen LogP contribution in [0.25, 0.3) is 0 Å². The summed E-state index contributed by atoms with van der Waals surface area (Å²) in [5, 5.41) is 9.38. The van der Waals surface area contributed by atoms with E-state index in [0.717, 1.165) is 12.1 Å². The molecule has 0 aromatic rings. The highest BCUT2D eigenvalue weighted by atomic mass is 15.2. The van der Waals surface area contributed by atoms with Gasteiger partial charge in [0.25, 0.3) is 0 Å². The van der Waals surface area contributed by atoms with E-state index in [0.29, 0.717) is 0 Å². The van der Waals surface area contributed by atoms with E-state index in [-0.39, 0.29) is 5.66 Å². The summed E-state index contributed by atoms with van der Waals surface area (Å²) in [6, 6.07) is 0. The quantitative estimate of drug-likeness (QED) is 0.501. The Labute approximate surface area is 69.3 Å². The minimum absolute atomic E-state index is 0.0555. The fourth-order valence-corrected chi connectivity index (χ4v) is 0.817. The van der Waals surface area contributed by atoms with Gasteiger partial charge >= 0.3 is 0 Å². The lowest BCUT2D eigenvalue weighted by atomic mass is 10.1.